The zero-order valence-corrected chi connectivity index (χ0v) is 16.0. The maximum atomic E-state index is 12.3. The Morgan fingerprint density at radius 2 is 1.85 bits per heavy atom. The van der Waals surface area contributed by atoms with Crippen LogP contribution in [-0.2, 0) is 4.79 Å². The SMILES string of the molecule is CC(=O)c1ccc(C#N)c(N2CCN(CC(=O)NC3CCCCC3)CC2)c1. The number of anilines is 1. The van der Waals surface area contributed by atoms with Gasteiger partial charge in [0, 0.05) is 37.8 Å². The molecule has 144 valence electrons. The van der Waals surface area contributed by atoms with Gasteiger partial charge in [0.1, 0.15) is 6.07 Å². The molecule has 2 aliphatic rings. The number of rotatable bonds is 5. The lowest BCUT2D eigenvalue weighted by Crippen LogP contribution is -2.50. The van der Waals surface area contributed by atoms with E-state index in [1.54, 1.807) is 12.1 Å². The Morgan fingerprint density at radius 3 is 2.48 bits per heavy atom. The van der Waals surface area contributed by atoms with Crippen LogP contribution in [0.2, 0.25) is 0 Å². The molecule has 0 radical (unpaired) electrons. The number of ketones is 1. The number of hydrogen-bond acceptors (Lipinski definition) is 5. The molecule has 6 heteroatoms. The maximum absolute atomic E-state index is 12.3. The van der Waals surface area contributed by atoms with Crippen LogP contribution in [0.5, 0.6) is 0 Å². The van der Waals surface area contributed by atoms with E-state index in [1.807, 2.05) is 6.07 Å². The zero-order chi connectivity index (χ0) is 19.2. The number of amides is 1. The first-order chi connectivity index (χ1) is 13.1. The van der Waals surface area contributed by atoms with Gasteiger partial charge in [-0.15, -0.1) is 0 Å². The second-order valence-electron chi connectivity index (χ2n) is 7.57. The lowest BCUT2D eigenvalue weighted by molar-refractivity contribution is -0.123. The van der Waals surface area contributed by atoms with Gasteiger partial charge in [0.05, 0.1) is 17.8 Å². The minimum Gasteiger partial charge on any atom is -0.368 e. The van der Waals surface area contributed by atoms with Gasteiger partial charge in [-0.1, -0.05) is 19.3 Å². The normalized spacial score (nSPS) is 18.7. The van der Waals surface area contributed by atoms with Gasteiger partial charge in [-0.05, 0) is 38.0 Å². The molecule has 1 aliphatic heterocycles. The number of hydrogen-bond donors (Lipinski definition) is 1. The van der Waals surface area contributed by atoms with Crippen LogP contribution in [-0.4, -0.2) is 55.4 Å². The van der Waals surface area contributed by atoms with Crippen molar-refractivity contribution < 1.29 is 9.59 Å². The minimum atomic E-state index is -0.00115. The van der Waals surface area contributed by atoms with Crippen molar-refractivity contribution in [1.82, 2.24) is 10.2 Å². The quantitative estimate of drug-likeness (QED) is 0.807. The molecule has 0 unspecified atom stereocenters. The highest BCUT2D eigenvalue weighted by atomic mass is 16.2. The van der Waals surface area contributed by atoms with Crippen LogP contribution in [0, 0.1) is 11.3 Å². The van der Waals surface area contributed by atoms with Gasteiger partial charge >= 0.3 is 0 Å². The lowest BCUT2D eigenvalue weighted by Gasteiger charge is -2.36. The number of piperazine rings is 1. The van der Waals surface area contributed by atoms with E-state index in [4.69, 9.17) is 0 Å². The van der Waals surface area contributed by atoms with Gasteiger partial charge in [-0.3, -0.25) is 14.5 Å². The fraction of sp³-hybridized carbons (Fsp3) is 0.571. The van der Waals surface area contributed by atoms with Gasteiger partial charge in [-0.2, -0.15) is 5.26 Å². The van der Waals surface area contributed by atoms with Crippen LogP contribution >= 0.6 is 0 Å². The molecule has 1 saturated heterocycles. The molecule has 1 aromatic rings. The molecule has 2 fully saturated rings. The summed E-state index contributed by atoms with van der Waals surface area (Å²) in [5, 5.41) is 12.6. The van der Waals surface area contributed by atoms with Crippen molar-refractivity contribution in [2.75, 3.05) is 37.6 Å². The van der Waals surface area contributed by atoms with Gasteiger partial charge < -0.3 is 10.2 Å². The van der Waals surface area contributed by atoms with E-state index >= 15 is 0 Å². The molecule has 1 aliphatic carbocycles. The van der Waals surface area contributed by atoms with Crippen LogP contribution in [0.15, 0.2) is 18.2 Å². The number of Topliss-reactive ketones (excluding diaryl/α,β-unsaturated/α-hetero) is 1. The summed E-state index contributed by atoms with van der Waals surface area (Å²) >= 11 is 0. The molecular weight excluding hydrogens is 340 g/mol. The molecular formula is C21H28N4O2. The number of nitrogens with zero attached hydrogens (tertiary/aromatic N) is 3. The molecule has 0 aromatic heterocycles. The van der Waals surface area contributed by atoms with Crippen LogP contribution in [0.3, 0.4) is 0 Å². The van der Waals surface area contributed by atoms with Crippen molar-refractivity contribution in [3.8, 4) is 6.07 Å². The molecule has 0 atom stereocenters. The number of nitriles is 1. The smallest absolute Gasteiger partial charge is 0.234 e. The minimum absolute atomic E-state index is 0.00115. The average molecular weight is 368 g/mol. The van der Waals surface area contributed by atoms with E-state index in [9.17, 15) is 14.9 Å². The van der Waals surface area contributed by atoms with Crippen molar-refractivity contribution in [1.29, 1.82) is 5.26 Å². The highest BCUT2D eigenvalue weighted by molar-refractivity contribution is 5.95. The Morgan fingerprint density at radius 1 is 1.15 bits per heavy atom. The standard InChI is InChI=1S/C21H28N4O2/c1-16(26)17-7-8-18(14-22)20(13-17)25-11-9-24(10-12-25)15-21(27)23-19-5-3-2-4-6-19/h7-8,13,19H,2-6,9-12,15H2,1H3,(H,23,27). The number of carbonyl (C=O) groups excluding carboxylic acids is 2. The second-order valence-corrected chi connectivity index (χ2v) is 7.57. The molecule has 1 aromatic carbocycles. The van der Waals surface area contributed by atoms with Crippen LogP contribution in [0.1, 0.15) is 54.9 Å². The highest BCUT2D eigenvalue weighted by Crippen LogP contribution is 2.24. The summed E-state index contributed by atoms with van der Waals surface area (Å²) in [4.78, 5) is 28.3. The number of carbonyl (C=O) groups is 2. The van der Waals surface area contributed by atoms with E-state index in [1.165, 1.54) is 26.2 Å². The van der Waals surface area contributed by atoms with E-state index in [0.717, 1.165) is 44.7 Å². The second kappa shape index (κ2) is 9.01. The molecule has 3 rings (SSSR count). The third-order valence-corrected chi connectivity index (χ3v) is 5.58. The maximum Gasteiger partial charge on any atom is 0.234 e. The molecule has 0 bridgehead atoms. The summed E-state index contributed by atoms with van der Waals surface area (Å²) in [6.07, 6.45) is 5.91. The number of nitrogens with one attached hydrogen (secondary N) is 1. The summed E-state index contributed by atoms with van der Waals surface area (Å²) in [6, 6.07) is 7.80. The topological polar surface area (TPSA) is 76.4 Å². The van der Waals surface area contributed by atoms with Gasteiger partial charge in [0.2, 0.25) is 5.91 Å². The summed E-state index contributed by atoms with van der Waals surface area (Å²) in [5.74, 6) is 0.116. The molecule has 1 N–H and O–H groups in total. The Balaban J connectivity index is 1.54. The lowest BCUT2D eigenvalue weighted by atomic mass is 9.95. The fourth-order valence-electron chi connectivity index (χ4n) is 3.98. The van der Waals surface area contributed by atoms with Gasteiger partial charge in [-0.25, -0.2) is 0 Å². The third-order valence-electron chi connectivity index (χ3n) is 5.58. The Bertz CT molecular complexity index is 726. The molecule has 1 saturated carbocycles. The van der Waals surface area contributed by atoms with Crippen LogP contribution < -0.4 is 10.2 Å². The molecule has 0 spiro atoms. The monoisotopic (exact) mass is 368 g/mol. The van der Waals surface area contributed by atoms with E-state index in [-0.39, 0.29) is 11.7 Å². The first kappa shape index (κ1) is 19.4. The molecule has 27 heavy (non-hydrogen) atoms. The zero-order valence-electron chi connectivity index (χ0n) is 16.0. The van der Waals surface area contributed by atoms with Crippen molar-refractivity contribution in [2.45, 2.75) is 45.1 Å². The van der Waals surface area contributed by atoms with Crippen molar-refractivity contribution in [2.24, 2.45) is 0 Å². The highest BCUT2D eigenvalue weighted by Gasteiger charge is 2.23. The van der Waals surface area contributed by atoms with Crippen molar-refractivity contribution in [3.05, 3.63) is 29.3 Å². The number of benzene rings is 1. The van der Waals surface area contributed by atoms with E-state index in [2.05, 4.69) is 21.2 Å². The predicted molar refractivity (Wildman–Crippen MR) is 105 cm³/mol. The van der Waals surface area contributed by atoms with Crippen LogP contribution in [0.4, 0.5) is 5.69 Å². The summed E-state index contributed by atoms with van der Waals surface area (Å²) < 4.78 is 0. The first-order valence-electron chi connectivity index (χ1n) is 9.88. The molecule has 1 amide bonds. The Kier molecular flexibility index (Phi) is 6.46. The van der Waals surface area contributed by atoms with E-state index in [0.29, 0.717) is 23.7 Å². The van der Waals surface area contributed by atoms with Gasteiger partial charge in [0.15, 0.2) is 5.78 Å². The van der Waals surface area contributed by atoms with Crippen molar-refractivity contribution in [3.63, 3.8) is 0 Å². The van der Waals surface area contributed by atoms with E-state index < -0.39 is 0 Å². The summed E-state index contributed by atoms with van der Waals surface area (Å²) in [5.41, 5.74) is 2.03. The third kappa shape index (κ3) is 5.08. The van der Waals surface area contributed by atoms with Crippen molar-refractivity contribution >= 4 is 17.4 Å². The summed E-state index contributed by atoms with van der Waals surface area (Å²) in [7, 11) is 0. The average Bonchev–Trinajstić information content (AvgIpc) is 2.68. The first-order valence-corrected chi connectivity index (χ1v) is 9.88. The van der Waals surface area contributed by atoms with Gasteiger partial charge in [0.25, 0.3) is 0 Å². The molecule has 1 heterocycles. The Labute approximate surface area is 161 Å². The fourth-order valence-corrected chi connectivity index (χ4v) is 3.98. The summed E-state index contributed by atoms with van der Waals surface area (Å²) in [6.45, 7) is 5.00. The van der Waals surface area contributed by atoms with Crippen LogP contribution in [0.25, 0.3) is 0 Å². The predicted octanol–water partition coefficient (Wildman–Crippen LogP) is 2.33. The molecule has 6 nitrogen and oxygen atoms in total. The Hall–Kier alpha value is -2.39. The largest absolute Gasteiger partial charge is 0.368 e.